The molecular weight excluding hydrogens is 498 g/mol. The Morgan fingerprint density at radius 3 is 2.23 bits per heavy atom. The Kier molecular flexibility index (Phi) is 8.21. The molecule has 1 amide bonds. The molecule has 1 aliphatic carbocycles. The van der Waals surface area contributed by atoms with E-state index in [1.165, 1.54) is 37.5 Å². The fourth-order valence-corrected chi connectivity index (χ4v) is 5.25. The molecule has 0 spiro atoms. The van der Waals surface area contributed by atoms with Crippen LogP contribution in [0.3, 0.4) is 0 Å². The van der Waals surface area contributed by atoms with Gasteiger partial charge in [-0.15, -0.1) is 0 Å². The summed E-state index contributed by atoms with van der Waals surface area (Å²) in [6.45, 7) is 2.15. The SMILES string of the molecule is N=C(c1ccc(OC2CCN(C3CCC3)CC2)cc1)c1cc(C(=O)NC(c2ccccc2)C(F)F)ccc1N. The Balaban J connectivity index is 1.23. The smallest absolute Gasteiger partial charge is 0.262 e. The first kappa shape index (κ1) is 26.8. The van der Waals surface area contributed by atoms with Crippen LogP contribution < -0.4 is 15.8 Å². The number of anilines is 1. The van der Waals surface area contributed by atoms with Crippen molar-refractivity contribution >= 4 is 17.3 Å². The van der Waals surface area contributed by atoms with E-state index in [-0.39, 0.29) is 17.4 Å². The van der Waals surface area contributed by atoms with Crippen LogP contribution in [0, 0.1) is 5.41 Å². The largest absolute Gasteiger partial charge is 0.490 e. The van der Waals surface area contributed by atoms with Gasteiger partial charge in [0.25, 0.3) is 12.3 Å². The van der Waals surface area contributed by atoms with Gasteiger partial charge < -0.3 is 20.7 Å². The lowest BCUT2D eigenvalue weighted by Crippen LogP contribution is -2.46. The van der Waals surface area contributed by atoms with E-state index in [9.17, 15) is 13.6 Å². The Morgan fingerprint density at radius 2 is 1.62 bits per heavy atom. The number of hydrogen-bond acceptors (Lipinski definition) is 5. The fraction of sp³-hybridized carbons (Fsp3) is 0.355. The quantitative estimate of drug-likeness (QED) is 0.239. The van der Waals surface area contributed by atoms with Crippen LogP contribution in [0.25, 0.3) is 0 Å². The molecule has 0 radical (unpaired) electrons. The average Bonchev–Trinajstić information content (AvgIpc) is 2.92. The molecule has 1 saturated heterocycles. The van der Waals surface area contributed by atoms with Crippen molar-refractivity contribution in [1.29, 1.82) is 5.41 Å². The van der Waals surface area contributed by atoms with Crippen LogP contribution in [0.15, 0.2) is 72.8 Å². The molecule has 8 heteroatoms. The van der Waals surface area contributed by atoms with E-state index in [4.69, 9.17) is 15.9 Å². The van der Waals surface area contributed by atoms with Crippen molar-refractivity contribution in [3.8, 4) is 5.75 Å². The van der Waals surface area contributed by atoms with Gasteiger partial charge in [-0.05, 0) is 73.7 Å². The third-order valence-electron chi connectivity index (χ3n) is 7.80. The van der Waals surface area contributed by atoms with Crippen molar-refractivity contribution in [2.45, 2.75) is 56.7 Å². The van der Waals surface area contributed by atoms with E-state index in [0.717, 1.165) is 37.7 Å². The van der Waals surface area contributed by atoms with E-state index in [1.54, 1.807) is 42.5 Å². The van der Waals surface area contributed by atoms with Crippen molar-refractivity contribution in [3.63, 3.8) is 0 Å². The number of nitrogens with two attached hydrogens (primary N) is 1. The molecule has 6 nitrogen and oxygen atoms in total. The number of carbonyl (C=O) groups is 1. The van der Waals surface area contributed by atoms with E-state index in [0.29, 0.717) is 22.4 Å². The number of carbonyl (C=O) groups excluding carboxylic acids is 1. The topological polar surface area (TPSA) is 91.4 Å². The van der Waals surface area contributed by atoms with Crippen molar-refractivity contribution in [2.24, 2.45) is 0 Å². The van der Waals surface area contributed by atoms with Gasteiger partial charge in [-0.1, -0.05) is 36.8 Å². The van der Waals surface area contributed by atoms with Crippen LogP contribution in [0.4, 0.5) is 14.5 Å². The van der Waals surface area contributed by atoms with Gasteiger partial charge in [-0.25, -0.2) is 8.78 Å². The summed E-state index contributed by atoms with van der Waals surface area (Å²) in [6, 6.07) is 19.2. The molecule has 1 aliphatic heterocycles. The highest BCUT2D eigenvalue weighted by molar-refractivity contribution is 6.14. The molecule has 204 valence electrons. The molecule has 0 aromatic heterocycles. The monoisotopic (exact) mass is 532 g/mol. The van der Waals surface area contributed by atoms with Gasteiger partial charge in [0.05, 0.1) is 5.71 Å². The number of amides is 1. The Morgan fingerprint density at radius 1 is 0.949 bits per heavy atom. The highest BCUT2D eigenvalue weighted by atomic mass is 19.3. The molecule has 1 atom stereocenters. The number of likely N-dealkylation sites (tertiary alicyclic amines) is 1. The minimum atomic E-state index is -2.78. The number of hydrogen-bond donors (Lipinski definition) is 3. The van der Waals surface area contributed by atoms with E-state index in [2.05, 4.69) is 10.2 Å². The summed E-state index contributed by atoms with van der Waals surface area (Å²) in [4.78, 5) is 15.5. The third kappa shape index (κ3) is 6.28. The second kappa shape index (κ2) is 11.9. The maximum absolute atomic E-state index is 13.7. The predicted octanol–water partition coefficient (Wildman–Crippen LogP) is 5.82. The van der Waals surface area contributed by atoms with Crippen molar-refractivity contribution in [2.75, 3.05) is 18.8 Å². The zero-order valence-corrected chi connectivity index (χ0v) is 21.8. The van der Waals surface area contributed by atoms with Crippen LogP contribution in [0.1, 0.15) is 65.2 Å². The molecule has 1 saturated carbocycles. The van der Waals surface area contributed by atoms with Gasteiger partial charge >= 0.3 is 0 Å². The van der Waals surface area contributed by atoms with Crippen LogP contribution in [0.2, 0.25) is 0 Å². The average molecular weight is 533 g/mol. The maximum atomic E-state index is 13.7. The fourth-order valence-electron chi connectivity index (χ4n) is 5.25. The van der Waals surface area contributed by atoms with Crippen LogP contribution in [0.5, 0.6) is 5.75 Å². The van der Waals surface area contributed by atoms with Gasteiger partial charge in [0.15, 0.2) is 0 Å². The highest BCUT2D eigenvalue weighted by Gasteiger charge is 2.29. The summed E-state index contributed by atoms with van der Waals surface area (Å²) in [5.41, 5.74) is 8.04. The van der Waals surface area contributed by atoms with E-state index < -0.39 is 18.4 Å². The zero-order valence-electron chi connectivity index (χ0n) is 21.8. The first-order chi connectivity index (χ1) is 18.9. The number of nitrogens with zero attached hydrogens (tertiary/aromatic N) is 1. The number of benzene rings is 3. The maximum Gasteiger partial charge on any atom is 0.262 e. The van der Waals surface area contributed by atoms with Crippen molar-refractivity contribution in [3.05, 3.63) is 95.1 Å². The molecule has 2 fully saturated rings. The van der Waals surface area contributed by atoms with Gasteiger partial charge in [0, 0.05) is 41.5 Å². The number of alkyl halides is 2. The Hall–Kier alpha value is -3.78. The number of halogens is 2. The molecule has 1 unspecified atom stereocenters. The lowest BCUT2D eigenvalue weighted by molar-refractivity contribution is 0.0493. The Labute approximate surface area is 227 Å². The number of nitrogens with one attached hydrogen (secondary N) is 2. The summed E-state index contributed by atoms with van der Waals surface area (Å²) in [7, 11) is 0. The lowest BCUT2D eigenvalue weighted by atomic mass is 9.90. The molecule has 3 aromatic rings. The molecule has 1 heterocycles. The molecule has 2 aliphatic rings. The summed E-state index contributed by atoms with van der Waals surface area (Å²) in [5.74, 6) is 0.0963. The lowest BCUT2D eigenvalue weighted by Gasteiger charge is -2.41. The normalized spacial score (nSPS) is 17.4. The van der Waals surface area contributed by atoms with E-state index in [1.807, 2.05) is 12.1 Å². The summed E-state index contributed by atoms with van der Waals surface area (Å²) in [5, 5.41) is 11.1. The summed E-state index contributed by atoms with van der Waals surface area (Å²) in [6.07, 6.45) is 3.41. The molecule has 5 rings (SSSR count). The molecular formula is C31H34F2N4O2. The number of nitrogen functional groups attached to an aromatic ring is 1. The van der Waals surface area contributed by atoms with Gasteiger partial charge in [-0.3, -0.25) is 10.2 Å². The third-order valence-corrected chi connectivity index (χ3v) is 7.80. The molecule has 39 heavy (non-hydrogen) atoms. The number of ether oxygens (including phenoxy) is 1. The second-order valence-electron chi connectivity index (χ2n) is 10.3. The van der Waals surface area contributed by atoms with E-state index >= 15 is 0 Å². The summed E-state index contributed by atoms with van der Waals surface area (Å²) >= 11 is 0. The first-order valence-electron chi connectivity index (χ1n) is 13.5. The molecule has 0 bridgehead atoms. The number of rotatable bonds is 9. The molecule has 4 N–H and O–H groups in total. The second-order valence-corrected chi connectivity index (χ2v) is 10.3. The van der Waals surface area contributed by atoms with Gasteiger partial charge in [-0.2, -0.15) is 0 Å². The van der Waals surface area contributed by atoms with Crippen molar-refractivity contribution < 1.29 is 18.3 Å². The first-order valence-corrected chi connectivity index (χ1v) is 13.5. The minimum Gasteiger partial charge on any atom is -0.490 e. The minimum absolute atomic E-state index is 0.135. The highest BCUT2D eigenvalue weighted by Crippen LogP contribution is 2.29. The predicted molar refractivity (Wildman–Crippen MR) is 149 cm³/mol. The van der Waals surface area contributed by atoms with Crippen LogP contribution in [-0.2, 0) is 0 Å². The van der Waals surface area contributed by atoms with Crippen molar-refractivity contribution in [1.82, 2.24) is 10.2 Å². The van der Waals surface area contributed by atoms with Crippen LogP contribution in [-0.4, -0.2) is 48.2 Å². The summed E-state index contributed by atoms with van der Waals surface area (Å²) < 4.78 is 33.6. The Bertz CT molecular complexity index is 1290. The molecule has 3 aromatic carbocycles. The standard InChI is InChI=1S/C31H34F2N4O2/c32-30(33)29(21-5-2-1-3-6-21)36-31(38)22-11-14-27(34)26(19-22)28(35)20-9-12-24(13-10-20)39-25-15-17-37(18-16-25)23-7-4-8-23/h1-3,5-6,9-14,19,23,25,29-30,35H,4,7-8,15-18,34H2,(H,36,38). The van der Waals surface area contributed by atoms with Gasteiger partial charge in [0.2, 0.25) is 0 Å². The zero-order chi connectivity index (χ0) is 27.4. The van der Waals surface area contributed by atoms with Crippen LogP contribution >= 0.6 is 0 Å². The number of piperidine rings is 1. The van der Waals surface area contributed by atoms with Gasteiger partial charge in [0.1, 0.15) is 17.9 Å².